The molecule has 2 rings (SSSR count). The summed E-state index contributed by atoms with van der Waals surface area (Å²) in [4.78, 5) is 14.1. The van der Waals surface area contributed by atoms with Gasteiger partial charge in [-0.25, -0.2) is 4.98 Å². The lowest BCUT2D eigenvalue weighted by Gasteiger charge is -2.07. The number of alkyl halides is 3. The third-order valence-corrected chi connectivity index (χ3v) is 2.05. The largest absolute Gasteiger partial charge is 0.543 e. The minimum atomic E-state index is -4.48. The van der Waals surface area contributed by atoms with Crippen LogP contribution < -0.4 is 5.11 Å². The number of carbonyl (C=O) groups excluding carboxylic acids is 1. The average Bonchev–Trinajstić information content (AvgIpc) is 2.58. The van der Waals surface area contributed by atoms with Crippen LogP contribution in [0, 0.1) is 0 Å². The Labute approximate surface area is 87.0 Å². The van der Waals surface area contributed by atoms with Crippen molar-refractivity contribution in [2.24, 2.45) is 0 Å². The molecule has 7 heteroatoms. The second-order valence-electron chi connectivity index (χ2n) is 3.07. The maximum Gasteiger partial charge on any atom is 0.416 e. The minimum absolute atomic E-state index is 0.0889. The van der Waals surface area contributed by atoms with Crippen molar-refractivity contribution in [3.63, 3.8) is 0 Å². The highest BCUT2D eigenvalue weighted by atomic mass is 19.4. The molecular formula is C9H4F3N2O2-. The summed E-state index contributed by atoms with van der Waals surface area (Å²) in [5.41, 5.74) is -1.26. The van der Waals surface area contributed by atoms with Gasteiger partial charge in [0.05, 0.1) is 23.4 Å². The first kappa shape index (κ1) is 10.5. The van der Waals surface area contributed by atoms with E-state index in [1.165, 1.54) is 0 Å². The van der Waals surface area contributed by atoms with Gasteiger partial charge in [-0.3, -0.25) is 4.40 Å². The first-order valence-corrected chi connectivity index (χ1v) is 4.15. The molecule has 2 aromatic rings. The predicted octanol–water partition coefficient (Wildman–Crippen LogP) is 0.717. The lowest BCUT2D eigenvalue weighted by atomic mass is 10.2. The number of hydrogen-bond donors (Lipinski definition) is 0. The zero-order chi connectivity index (χ0) is 11.9. The number of aromatic nitrogens is 2. The number of hydrogen-bond acceptors (Lipinski definition) is 3. The van der Waals surface area contributed by atoms with Crippen LogP contribution in [0.5, 0.6) is 0 Å². The first-order chi connectivity index (χ1) is 7.39. The molecule has 4 nitrogen and oxygen atoms in total. The van der Waals surface area contributed by atoms with Crippen LogP contribution in [0.4, 0.5) is 13.2 Å². The van der Waals surface area contributed by atoms with Crippen molar-refractivity contribution in [2.45, 2.75) is 6.18 Å². The molecular weight excluding hydrogens is 225 g/mol. The van der Waals surface area contributed by atoms with Gasteiger partial charge in [0.2, 0.25) is 0 Å². The van der Waals surface area contributed by atoms with Gasteiger partial charge in [0, 0.05) is 6.20 Å². The standard InChI is InChI=1S/C9H5F3N2O2/c10-9(11,12)5-1-2-14-6(8(15)16)4-13-7(14)3-5/h1-4H,(H,15,16)/p-1. The van der Waals surface area contributed by atoms with Gasteiger partial charge < -0.3 is 9.90 Å². The summed E-state index contributed by atoms with van der Waals surface area (Å²) in [6, 6.07) is 1.55. The number of nitrogens with zero attached hydrogens (tertiary/aromatic N) is 2. The van der Waals surface area contributed by atoms with E-state index >= 15 is 0 Å². The second-order valence-corrected chi connectivity index (χ2v) is 3.07. The zero-order valence-electron chi connectivity index (χ0n) is 7.65. The average molecular weight is 229 g/mol. The lowest BCUT2D eigenvalue weighted by molar-refractivity contribution is -0.255. The molecule has 2 heterocycles. The Morgan fingerprint density at radius 3 is 2.69 bits per heavy atom. The molecule has 0 N–H and O–H groups in total. The Morgan fingerprint density at radius 2 is 2.12 bits per heavy atom. The summed E-state index contributed by atoms with van der Waals surface area (Å²) < 4.78 is 38.0. The van der Waals surface area contributed by atoms with Crippen LogP contribution in [0.1, 0.15) is 16.1 Å². The van der Waals surface area contributed by atoms with Crippen molar-refractivity contribution in [1.82, 2.24) is 9.38 Å². The van der Waals surface area contributed by atoms with E-state index in [0.717, 1.165) is 28.9 Å². The van der Waals surface area contributed by atoms with Gasteiger partial charge >= 0.3 is 6.18 Å². The Balaban J connectivity index is 2.62. The fourth-order valence-electron chi connectivity index (χ4n) is 1.31. The molecule has 0 saturated heterocycles. The minimum Gasteiger partial charge on any atom is -0.543 e. The van der Waals surface area contributed by atoms with Gasteiger partial charge in [0.1, 0.15) is 5.65 Å². The number of carboxylic acid groups (broad SMARTS) is 1. The van der Waals surface area contributed by atoms with Crippen LogP contribution in [0.25, 0.3) is 5.65 Å². The topological polar surface area (TPSA) is 57.4 Å². The normalized spacial score (nSPS) is 11.9. The van der Waals surface area contributed by atoms with Crippen LogP contribution in [0.3, 0.4) is 0 Å². The van der Waals surface area contributed by atoms with Crippen molar-refractivity contribution in [3.8, 4) is 0 Å². The predicted molar refractivity (Wildman–Crippen MR) is 44.5 cm³/mol. The van der Waals surface area contributed by atoms with Gasteiger partial charge in [-0.1, -0.05) is 0 Å². The Morgan fingerprint density at radius 1 is 1.44 bits per heavy atom. The summed E-state index contributed by atoms with van der Waals surface area (Å²) in [6.07, 6.45) is -2.53. The highest BCUT2D eigenvalue weighted by Gasteiger charge is 2.30. The molecule has 0 aliphatic heterocycles. The number of carboxylic acids is 1. The molecule has 0 saturated carbocycles. The van der Waals surface area contributed by atoms with Gasteiger partial charge in [-0.2, -0.15) is 13.2 Å². The number of imidazole rings is 1. The van der Waals surface area contributed by atoms with Crippen LogP contribution in [0.2, 0.25) is 0 Å². The summed E-state index contributed by atoms with van der Waals surface area (Å²) in [5, 5.41) is 10.6. The molecule has 0 atom stereocenters. The van der Waals surface area contributed by atoms with E-state index in [2.05, 4.69) is 4.98 Å². The van der Waals surface area contributed by atoms with Crippen molar-refractivity contribution < 1.29 is 23.1 Å². The van der Waals surface area contributed by atoms with E-state index in [1.54, 1.807) is 0 Å². The monoisotopic (exact) mass is 229 g/mol. The molecule has 0 fully saturated rings. The van der Waals surface area contributed by atoms with Crippen molar-refractivity contribution in [1.29, 1.82) is 0 Å². The molecule has 0 bridgehead atoms. The van der Waals surface area contributed by atoms with Crippen LogP contribution in [-0.2, 0) is 6.18 Å². The Bertz CT molecular complexity index is 559. The number of rotatable bonds is 1. The third kappa shape index (κ3) is 1.60. The quantitative estimate of drug-likeness (QED) is 0.723. The number of pyridine rings is 1. The Kier molecular flexibility index (Phi) is 2.11. The fourth-order valence-corrected chi connectivity index (χ4v) is 1.31. The molecule has 0 aliphatic rings. The van der Waals surface area contributed by atoms with Gasteiger partial charge in [-0.15, -0.1) is 0 Å². The van der Waals surface area contributed by atoms with Crippen LogP contribution in [0.15, 0.2) is 24.5 Å². The summed E-state index contributed by atoms with van der Waals surface area (Å²) in [6.45, 7) is 0. The van der Waals surface area contributed by atoms with E-state index in [4.69, 9.17) is 0 Å². The van der Waals surface area contributed by atoms with Crippen molar-refractivity contribution in [2.75, 3.05) is 0 Å². The summed E-state index contributed by atoms with van der Waals surface area (Å²) in [7, 11) is 0. The highest BCUT2D eigenvalue weighted by Crippen LogP contribution is 2.29. The SMILES string of the molecule is O=C([O-])c1cnc2cc(C(F)(F)F)ccn12. The smallest absolute Gasteiger partial charge is 0.416 e. The second kappa shape index (κ2) is 3.22. The van der Waals surface area contributed by atoms with E-state index in [-0.39, 0.29) is 11.3 Å². The molecule has 84 valence electrons. The molecule has 0 radical (unpaired) electrons. The molecule has 0 unspecified atom stereocenters. The maximum absolute atomic E-state index is 12.3. The van der Waals surface area contributed by atoms with Gasteiger partial charge in [-0.05, 0) is 12.1 Å². The van der Waals surface area contributed by atoms with E-state index in [0.29, 0.717) is 0 Å². The van der Waals surface area contributed by atoms with Gasteiger partial charge in [0.15, 0.2) is 0 Å². The van der Waals surface area contributed by atoms with E-state index in [1.807, 2.05) is 0 Å². The first-order valence-electron chi connectivity index (χ1n) is 4.15. The number of carbonyl (C=O) groups is 1. The van der Waals surface area contributed by atoms with Crippen molar-refractivity contribution in [3.05, 3.63) is 35.8 Å². The highest BCUT2D eigenvalue weighted by molar-refractivity contribution is 5.84. The fraction of sp³-hybridized carbons (Fsp3) is 0.111. The molecule has 0 amide bonds. The molecule has 0 aromatic carbocycles. The number of fused-ring (bicyclic) bond motifs is 1. The number of aromatic carboxylic acids is 1. The van der Waals surface area contributed by atoms with E-state index < -0.39 is 17.7 Å². The molecule has 0 spiro atoms. The summed E-state index contributed by atoms with van der Waals surface area (Å²) in [5.74, 6) is -1.49. The maximum atomic E-state index is 12.3. The van der Waals surface area contributed by atoms with Crippen molar-refractivity contribution >= 4 is 11.6 Å². The molecule has 2 aromatic heterocycles. The third-order valence-electron chi connectivity index (χ3n) is 2.05. The zero-order valence-corrected chi connectivity index (χ0v) is 7.65. The van der Waals surface area contributed by atoms with E-state index in [9.17, 15) is 23.1 Å². The summed E-state index contributed by atoms with van der Waals surface area (Å²) >= 11 is 0. The molecule has 16 heavy (non-hydrogen) atoms. The van der Waals surface area contributed by atoms with Gasteiger partial charge in [0.25, 0.3) is 0 Å². The number of halogens is 3. The molecule has 0 aliphatic carbocycles. The lowest BCUT2D eigenvalue weighted by Crippen LogP contribution is -2.23. The Hall–Kier alpha value is -2.05. The van der Waals surface area contributed by atoms with Crippen LogP contribution in [-0.4, -0.2) is 15.4 Å². The van der Waals surface area contributed by atoms with Crippen LogP contribution >= 0.6 is 0 Å².